The molecule has 1 aliphatic rings. The van der Waals surface area contributed by atoms with Crippen molar-refractivity contribution in [2.45, 2.75) is 19.5 Å². The van der Waals surface area contributed by atoms with Gasteiger partial charge in [-0.2, -0.15) is 0 Å². The van der Waals surface area contributed by atoms with Crippen LogP contribution in [0.1, 0.15) is 24.2 Å². The van der Waals surface area contributed by atoms with Crippen molar-refractivity contribution in [1.82, 2.24) is 14.5 Å². The molecule has 0 radical (unpaired) electrons. The van der Waals surface area contributed by atoms with Gasteiger partial charge < -0.3 is 19.5 Å². The molecule has 0 fully saturated rings. The number of benzene rings is 1. The molecule has 0 bridgehead atoms. The molecule has 0 saturated heterocycles. The summed E-state index contributed by atoms with van der Waals surface area (Å²) in [5.41, 5.74) is 3.38. The second kappa shape index (κ2) is 7.80. The number of aromatic nitrogens is 2. The highest BCUT2D eigenvalue weighted by atomic mass is 32.1. The normalized spacial score (nSPS) is 15.9. The Hall–Kier alpha value is -2.86. The van der Waals surface area contributed by atoms with E-state index in [1.165, 1.54) is 11.3 Å². The third-order valence-corrected chi connectivity index (χ3v) is 5.07. The molecule has 0 aliphatic carbocycles. The summed E-state index contributed by atoms with van der Waals surface area (Å²) in [6.07, 6.45) is 5.79. The lowest BCUT2D eigenvalue weighted by atomic mass is 10.0. The molecule has 0 amide bonds. The molecule has 138 valence electrons. The van der Waals surface area contributed by atoms with Crippen molar-refractivity contribution in [3.63, 3.8) is 0 Å². The van der Waals surface area contributed by atoms with E-state index in [4.69, 9.17) is 17.0 Å². The summed E-state index contributed by atoms with van der Waals surface area (Å²) < 4.78 is 7.80. The minimum absolute atomic E-state index is 0.0689. The van der Waals surface area contributed by atoms with Crippen LogP contribution >= 0.6 is 12.2 Å². The third-order valence-electron chi connectivity index (χ3n) is 4.74. The molecule has 4 rings (SSSR count). The topological polar surface area (TPSA) is 42.3 Å². The molecule has 0 saturated carbocycles. The Morgan fingerprint density at radius 1 is 1.15 bits per heavy atom. The average molecular weight is 379 g/mol. The van der Waals surface area contributed by atoms with Gasteiger partial charge in [0.25, 0.3) is 0 Å². The SMILES string of the molecule is CCOc1ccc(NC(=S)N2CCn3cccc3C2c2ccncc2)cc1. The van der Waals surface area contributed by atoms with E-state index in [1.807, 2.05) is 43.6 Å². The molecular formula is C21H22N4OS. The van der Waals surface area contributed by atoms with Gasteiger partial charge in [-0.3, -0.25) is 4.98 Å². The number of thiocarbonyl (C=S) groups is 1. The van der Waals surface area contributed by atoms with Crippen molar-refractivity contribution in [2.75, 3.05) is 18.5 Å². The number of rotatable bonds is 4. The summed E-state index contributed by atoms with van der Waals surface area (Å²) in [6.45, 7) is 4.39. The first-order valence-corrected chi connectivity index (χ1v) is 9.52. The predicted molar refractivity (Wildman–Crippen MR) is 111 cm³/mol. The van der Waals surface area contributed by atoms with Gasteiger partial charge in [-0.15, -0.1) is 0 Å². The van der Waals surface area contributed by atoms with Crippen LogP contribution in [0.15, 0.2) is 67.1 Å². The maximum atomic E-state index is 5.78. The summed E-state index contributed by atoms with van der Waals surface area (Å²) in [7, 11) is 0. The number of pyridine rings is 1. The number of hydrogen-bond donors (Lipinski definition) is 1. The molecule has 1 atom stereocenters. The van der Waals surface area contributed by atoms with Crippen LogP contribution in [-0.2, 0) is 6.54 Å². The molecule has 0 spiro atoms. The molecule has 1 unspecified atom stereocenters. The van der Waals surface area contributed by atoms with Crippen molar-refractivity contribution >= 4 is 23.0 Å². The van der Waals surface area contributed by atoms with Crippen molar-refractivity contribution in [1.29, 1.82) is 0 Å². The van der Waals surface area contributed by atoms with Crippen LogP contribution in [0.3, 0.4) is 0 Å². The van der Waals surface area contributed by atoms with E-state index < -0.39 is 0 Å². The van der Waals surface area contributed by atoms with Gasteiger partial charge in [0.2, 0.25) is 0 Å². The van der Waals surface area contributed by atoms with E-state index in [9.17, 15) is 0 Å². The molecule has 27 heavy (non-hydrogen) atoms. The summed E-state index contributed by atoms with van der Waals surface area (Å²) in [6, 6.07) is 16.3. The largest absolute Gasteiger partial charge is 0.494 e. The fourth-order valence-corrected chi connectivity index (χ4v) is 3.81. The smallest absolute Gasteiger partial charge is 0.174 e. The highest BCUT2D eigenvalue weighted by Crippen LogP contribution is 2.32. The molecule has 2 aromatic heterocycles. The number of anilines is 1. The predicted octanol–water partition coefficient (Wildman–Crippen LogP) is 4.08. The van der Waals surface area contributed by atoms with Gasteiger partial charge in [-0.05, 0) is 73.2 Å². The van der Waals surface area contributed by atoms with Crippen molar-refractivity contribution in [3.8, 4) is 5.75 Å². The van der Waals surface area contributed by atoms with E-state index >= 15 is 0 Å². The van der Waals surface area contributed by atoms with Gasteiger partial charge in [0.1, 0.15) is 5.75 Å². The van der Waals surface area contributed by atoms with Gasteiger partial charge in [-0.1, -0.05) is 0 Å². The number of ether oxygens (including phenoxy) is 1. The minimum Gasteiger partial charge on any atom is -0.494 e. The quantitative estimate of drug-likeness (QED) is 0.693. The molecule has 1 aliphatic heterocycles. The summed E-state index contributed by atoms with van der Waals surface area (Å²) in [5, 5.41) is 4.10. The van der Waals surface area contributed by atoms with Crippen molar-refractivity contribution in [2.24, 2.45) is 0 Å². The van der Waals surface area contributed by atoms with Crippen LogP contribution in [0.5, 0.6) is 5.75 Å². The van der Waals surface area contributed by atoms with Crippen molar-refractivity contribution in [3.05, 3.63) is 78.4 Å². The van der Waals surface area contributed by atoms with Gasteiger partial charge in [0, 0.05) is 43.1 Å². The molecule has 1 aromatic carbocycles. The standard InChI is InChI=1S/C21H22N4OS/c1-2-26-18-7-5-17(6-8-18)23-21(27)25-15-14-24-13-3-4-19(24)20(25)16-9-11-22-12-10-16/h3-13,20H,2,14-15H2,1H3,(H,23,27). The first-order chi connectivity index (χ1) is 13.3. The van der Waals surface area contributed by atoms with E-state index in [0.717, 1.165) is 24.5 Å². The van der Waals surface area contributed by atoms with Gasteiger partial charge in [-0.25, -0.2) is 0 Å². The summed E-state index contributed by atoms with van der Waals surface area (Å²) >= 11 is 5.78. The zero-order chi connectivity index (χ0) is 18.6. The van der Waals surface area contributed by atoms with Crippen LogP contribution in [0.4, 0.5) is 5.69 Å². The number of fused-ring (bicyclic) bond motifs is 1. The Morgan fingerprint density at radius 2 is 1.93 bits per heavy atom. The zero-order valence-electron chi connectivity index (χ0n) is 15.2. The second-order valence-corrected chi connectivity index (χ2v) is 6.78. The second-order valence-electron chi connectivity index (χ2n) is 6.39. The zero-order valence-corrected chi connectivity index (χ0v) is 16.0. The molecule has 5 nitrogen and oxygen atoms in total. The Balaban J connectivity index is 1.58. The molecule has 3 heterocycles. The van der Waals surface area contributed by atoms with Crippen molar-refractivity contribution < 1.29 is 4.74 Å². The van der Waals surface area contributed by atoms with E-state index in [1.54, 1.807) is 0 Å². The first-order valence-electron chi connectivity index (χ1n) is 9.11. The Labute approximate surface area is 164 Å². The van der Waals surface area contributed by atoms with Crippen LogP contribution in [0, 0.1) is 0 Å². The monoisotopic (exact) mass is 378 g/mol. The number of hydrogen-bond acceptors (Lipinski definition) is 3. The Morgan fingerprint density at radius 3 is 2.67 bits per heavy atom. The van der Waals surface area contributed by atoms with Crippen LogP contribution in [0.25, 0.3) is 0 Å². The van der Waals surface area contributed by atoms with Gasteiger partial charge in [0.15, 0.2) is 5.11 Å². The Kier molecular flexibility index (Phi) is 5.07. The van der Waals surface area contributed by atoms with E-state index in [2.05, 4.69) is 50.2 Å². The Bertz CT molecular complexity index is 907. The highest BCUT2D eigenvalue weighted by Gasteiger charge is 2.30. The fraction of sp³-hybridized carbons (Fsp3) is 0.238. The first kappa shape index (κ1) is 17.5. The van der Waals surface area contributed by atoms with Crippen LogP contribution in [-0.4, -0.2) is 32.7 Å². The summed E-state index contributed by atoms with van der Waals surface area (Å²) in [4.78, 5) is 6.41. The fourth-order valence-electron chi connectivity index (χ4n) is 3.50. The third kappa shape index (κ3) is 3.66. The maximum Gasteiger partial charge on any atom is 0.174 e. The van der Waals surface area contributed by atoms with Gasteiger partial charge in [0.05, 0.1) is 12.6 Å². The minimum atomic E-state index is 0.0689. The van der Waals surface area contributed by atoms with Crippen LogP contribution < -0.4 is 10.1 Å². The van der Waals surface area contributed by atoms with Gasteiger partial charge >= 0.3 is 0 Å². The average Bonchev–Trinajstić information content (AvgIpc) is 3.18. The van der Waals surface area contributed by atoms with E-state index in [0.29, 0.717) is 11.7 Å². The van der Waals surface area contributed by atoms with E-state index in [-0.39, 0.29) is 6.04 Å². The molecule has 6 heteroatoms. The lowest BCUT2D eigenvalue weighted by Gasteiger charge is -2.39. The number of nitrogens with one attached hydrogen (secondary N) is 1. The lowest BCUT2D eigenvalue weighted by molar-refractivity contribution is 0.293. The molecule has 3 aromatic rings. The maximum absolute atomic E-state index is 5.78. The van der Waals surface area contributed by atoms with Crippen LogP contribution in [0.2, 0.25) is 0 Å². The number of nitrogens with zero attached hydrogens (tertiary/aromatic N) is 3. The molecule has 1 N–H and O–H groups in total. The molecular weight excluding hydrogens is 356 g/mol. The highest BCUT2D eigenvalue weighted by molar-refractivity contribution is 7.80. The summed E-state index contributed by atoms with van der Waals surface area (Å²) in [5.74, 6) is 0.861. The lowest BCUT2D eigenvalue weighted by Crippen LogP contribution is -2.44.